The monoisotopic (exact) mass is 360 g/mol. The highest BCUT2D eigenvalue weighted by Crippen LogP contribution is 2.21. The molecule has 1 amide bonds. The first-order chi connectivity index (χ1) is 9.90. The van der Waals surface area contributed by atoms with Crippen LogP contribution in [0.25, 0.3) is 0 Å². The van der Waals surface area contributed by atoms with E-state index in [-0.39, 0.29) is 10.4 Å². The largest absolute Gasteiger partial charge is 0.351 e. The van der Waals surface area contributed by atoms with E-state index in [2.05, 4.69) is 35.1 Å². The Kier molecular flexibility index (Phi) is 6.74. The first-order valence-electron chi connectivity index (χ1n) is 6.76. The molecule has 0 heterocycles. The number of rotatable bonds is 7. The number of carbonyl (C=O) groups excluding carboxylic acids is 1. The number of nitrogens with one attached hydrogen (secondary N) is 1. The first kappa shape index (κ1) is 17.6. The quantitative estimate of drug-likeness (QED) is 0.458. The normalized spacial score (nSPS) is 12.2. The minimum atomic E-state index is -0.759. The molecule has 0 saturated heterocycles. The predicted molar refractivity (Wildman–Crippen MR) is 82.2 cm³/mol. The van der Waals surface area contributed by atoms with Crippen LogP contribution >= 0.6 is 15.9 Å². The summed E-state index contributed by atoms with van der Waals surface area (Å²) in [5.74, 6) is -0.903. The lowest BCUT2D eigenvalue weighted by molar-refractivity contribution is -0.385. The third kappa shape index (κ3) is 4.77. The smallest absolute Gasteiger partial charge is 0.285 e. The first-order valence-corrected chi connectivity index (χ1v) is 7.68. The summed E-state index contributed by atoms with van der Waals surface area (Å²) in [5.41, 5.74) is -0.660. The molecule has 0 aliphatic heterocycles. The zero-order valence-electron chi connectivity index (χ0n) is 11.9. The maximum atomic E-state index is 13.0. The number of nitrogens with zero attached hydrogens (tertiary/aromatic N) is 1. The van der Waals surface area contributed by atoms with Crippen LogP contribution in [0.2, 0.25) is 0 Å². The molecule has 1 N–H and O–H groups in total. The second-order valence-corrected chi connectivity index (χ2v) is 5.90. The van der Waals surface area contributed by atoms with Gasteiger partial charge in [0.1, 0.15) is 11.4 Å². The molecule has 0 fully saturated rings. The van der Waals surface area contributed by atoms with Crippen molar-refractivity contribution in [3.63, 3.8) is 0 Å². The van der Waals surface area contributed by atoms with Crippen molar-refractivity contribution in [3.05, 3.63) is 39.7 Å². The Morgan fingerprint density at radius 3 is 2.57 bits per heavy atom. The van der Waals surface area contributed by atoms with Crippen molar-refractivity contribution in [3.8, 4) is 0 Å². The van der Waals surface area contributed by atoms with Crippen LogP contribution < -0.4 is 5.32 Å². The van der Waals surface area contributed by atoms with E-state index in [1.165, 1.54) is 0 Å². The molecule has 0 radical (unpaired) electrons. The molecule has 0 spiro atoms. The van der Waals surface area contributed by atoms with Gasteiger partial charge in [0.05, 0.1) is 11.0 Å². The van der Waals surface area contributed by atoms with E-state index in [4.69, 9.17) is 0 Å². The van der Waals surface area contributed by atoms with E-state index in [1.807, 2.05) is 0 Å². The number of hydrogen-bond donors (Lipinski definition) is 1. The second-order valence-electron chi connectivity index (χ2n) is 4.72. The summed E-state index contributed by atoms with van der Waals surface area (Å²) in [6, 6.07) is 2.92. The summed E-state index contributed by atoms with van der Waals surface area (Å²) in [5, 5.41) is 13.5. The van der Waals surface area contributed by atoms with Gasteiger partial charge in [-0.05, 0) is 18.1 Å². The van der Waals surface area contributed by atoms with Gasteiger partial charge in [0.2, 0.25) is 0 Å². The van der Waals surface area contributed by atoms with Crippen LogP contribution in [-0.2, 0) is 0 Å². The van der Waals surface area contributed by atoms with Crippen molar-refractivity contribution < 1.29 is 14.1 Å². The lowest BCUT2D eigenvalue weighted by atomic mass is 9.99. The molecule has 1 aromatic carbocycles. The van der Waals surface area contributed by atoms with E-state index in [9.17, 15) is 19.3 Å². The van der Waals surface area contributed by atoms with E-state index < -0.39 is 22.3 Å². The van der Waals surface area contributed by atoms with Crippen molar-refractivity contribution in [1.82, 2.24) is 5.32 Å². The molecule has 0 aliphatic carbocycles. The van der Waals surface area contributed by atoms with Gasteiger partial charge in [-0.3, -0.25) is 14.9 Å². The van der Waals surface area contributed by atoms with Gasteiger partial charge in [-0.2, -0.15) is 0 Å². The van der Waals surface area contributed by atoms with Crippen molar-refractivity contribution >= 4 is 27.5 Å². The highest BCUT2D eigenvalue weighted by Gasteiger charge is 2.22. The van der Waals surface area contributed by atoms with Crippen LogP contribution in [0.15, 0.2) is 18.2 Å². The molecule has 5 nitrogen and oxygen atoms in total. The van der Waals surface area contributed by atoms with Crippen molar-refractivity contribution in [2.45, 2.75) is 31.5 Å². The fraction of sp³-hybridized carbons (Fsp3) is 0.500. The molecule has 0 aromatic heterocycles. The summed E-state index contributed by atoms with van der Waals surface area (Å²) in [6.45, 7) is 4.49. The molecule has 0 bridgehead atoms. The molecule has 1 unspecified atom stereocenters. The molecular formula is C14H18BrFN2O3. The minimum Gasteiger partial charge on any atom is -0.351 e. The van der Waals surface area contributed by atoms with Gasteiger partial charge in [0.25, 0.3) is 11.6 Å². The van der Waals surface area contributed by atoms with Gasteiger partial charge in [-0.1, -0.05) is 42.6 Å². The van der Waals surface area contributed by atoms with Crippen molar-refractivity contribution in [2.24, 2.45) is 5.92 Å². The highest BCUT2D eigenvalue weighted by atomic mass is 79.9. The Balaban J connectivity index is 2.79. The number of halogens is 2. The van der Waals surface area contributed by atoms with Gasteiger partial charge in [-0.25, -0.2) is 4.39 Å². The number of amides is 1. The Hall–Kier alpha value is -1.50. The second kappa shape index (κ2) is 8.07. The molecule has 1 atom stereocenters. The molecule has 0 saturated carbocycles. The predicted octanol–water partition coefficient (Wildman–Crippen LogP) is 3.66. The number of benzene rings is 1. The molecule has 1 rings (SSSR count). The summed E-state index contributed by atoms with van der Waals surface area (Å²) < 4.78 is 13.0. The zero-order valence-corrected chi connectivity index (χ0v) is 13.5. The van der Waals surface area contributed by atoms with Crippen LogP contribution in [0.5, 0.6) is 0 Å². The topological polar surface area (TPSA) is 72.2 Å². The Bertz CT molecular complexity index is 521. The molecule has 0 aliphatic rings. The average Bonchev–Trinajstić information content (AvgIpc) is 2.45. The average molecular weight is 361 g/mol. The number of carbonyl (C=O) groups is 1. The Morgan fingerprint density at radius 1 is 1.43 bits per heavy atom. The van der Waals surface area contributed by atoms with Crippen LogP contribution in [0.1, 0.15) is 37.0 Å². The molecular weight excluding hydrogens is 343 g/mol. The Labute approximate surface area is 131 Å². The third-order valence-electron chi connectivity index (χ3n) is 3.42. The maximum absolute atomic E-state index is 13.0. The van der Waals surface area contributed by atoms with Crippen molar-refractivity contribution in [2.75, 3.05) is 6.54 Å². The van der Waals surface area contributed by atoms with Crippen LogP contribution in [0.3, 0.4) is 0 Å². The van der Waals surface area contributed by atoms with Crippen LogP contribution in [0.4, 0.5) is 10.1 Å². The molecule has 7 heteroatoms. The summed E-state index contributed by atoms with van der Waals surface area (Å²) in [4.78, 5) is 22.2. The number of alkyl halides is 1. The molecule has 1 aromatic rings. The lowest BCUT2D eigenvalue weighted by Crippen LogP contribution is -2.33. The fourth-order valence-corrected chi connectivity index (χ4v) is 3.01. The van der Waals surface area contributed by atoms with E-state index in [1.54, 1.807) is 0 Å². The third-order valence-corrected chi connectivity index (χ3v) is 4.49. The summed E-state index contributed by atoms with van der Waals surface area (Å²) >= 11 is 3.52. The fourth-order valence-electron chi connectivity index (χ4n) is 2.10. The van der Waals surface area contributed by atoms with Crippen LogP contribution in [-0.4, -0.2) is 22.2 Å². The number of hydrogen-bond acceptors (Lipinski definition) is 3. The SMILES string of the molecule is CCC(CC)C(Br)CNC(=O)c1ccc(F)cc1[N+](=O)[O-]. The van der Waals surface area contributed by atoms with Crippen LogP contribution in [0, 0.1) is 21.8 Å². The van der Waals surface area contributed by atoms with Crippen molar-refractivity contribution in [1.29, 1.82) is 0 Å². The van der Waals surface area contributed by atoms with Gasteiger partial charge < -0.3 is 5.32 Å². The van der Waals surface area contributed by atoms with Gasteiger partial charge >= 0.3 is 0 Å². The molecule has 21 heavy (non-hydrogen) atoms. The summed E-state index contributed by atoms with van der Waals surface area (Å²) in [7, 11) is 0. The standard InChI is InChI=1S/C14H18BrFN2O3/c1-3-9(4-2)12(15)8-17-14(19)11-6-5-10(16)7-13(11)18(20)21/h5-7,9,12H,3-4,8H2,1-2H3,(H,17,19). The maximum Gasteiger partial charge on any atom is 0.285 e. The number of nitro groups is 1. The summed E-state index contributed by atoms with van der Waals surface area (Å²) in [6.07, 6.45) is 1.94. The Morgan fingerprint density at radius 2 is 2.05 bits per heavy atom. The van der Waals surface area contributed by atoms with Gasteiger partial charge in [0.15, 0.2) is 0 Å². The van der Waals surface area contributed by atoms with E-state index in [0.717, 1.165) is 31.0 Å². The number of nitro benzene ring substituents is 1. The lowest BCUT2D eigenvalue weighted by Gasteiger charge is -2.19. The zero-order chi connectivity index (χ0) is 16.0. The van der Waals surface area contributed by atoms with E-state index in [0.29, 0.717) is 12.5 Å². The minimum absolute atomic E-state index is 0.0935. The molecule has 116 valence electrons. The van der Waals surface area contributed by atoms with E-state index >= 15 is 0 Å². The van der Waals surface area contributed by atoms with Gasteiger partial charge in [-0.15, -0.1) is 0 Å². The highest BCUT2D eigenvalue weighted by molar-refractivity contribution is 9.09. The van der Waals surface area contributed by atoms with Gasteiger partial charge in [0, 0.05) is 11.4 Å².